The van der Waals surface area contributed by atoms with Crippen LogP contribution in [-0.2, 0) is 0 Å². The lowest BCUT2D eigenvalue weighted by molar-refractivity contribution is 0.882. The van der Waals surface area contributed by atoms with E-state index in [4.69, 9.17) is 22.6 Å². The summed E-state index contributed by atoms with van der Waals surface area (Å²) < 4.78 is 2.94. The summed E-state index contributed by atoms with van der Waals surface area (Å²) in [5.74, 6) is 0.288. The molecule has 0 unspecified atom stereocenters. The van der Waals surface area contributed by atoms with E-state index in [1.54, 1.807) is 12.1 Å². The maximum atomic E-state index is 8.83. The van der Waals surface area contributed by atoms with Crippen molar-refractivity contribution in [3.8, 4) is 11.8 Å². The van der Waals surface area contributed by atoms with Gasteiger partial charge in [-0.2, -0.15) is 10.4 Å². The largest absolute Gasteiger partial charge is 0.382 e. The van der Waals surface area contributed by atoms with Gasteiger partial charge in [0.2, 0.25) is 0 Å². The molecular weight excluding hydrogens is 371 g/mol. The monoisotopic (exact) mass is 374 g/mol. The molecule has 4 nitrogen and oxygen atoms in total. The van der Waals surface area contributed by atoms with Crippen LogP contribution in [0.2, 0.25) is 5.02 Å². The summed E-state index contributed by atoms with van der Waals surface area (Å²) in [4.78, 5) is 0. The molecule has 1 aromatic heterocycles. The number of anilines is 1. The number of benzene rings is 1. The molecule has 0 atom stereocenters. The molecule has 0 spiro atoms. The predicted octanol–water partition coefficient (Wildman–Crippen LogP) is 3.50. The van der Waals surface area contributed by atoms with Gasteiger partial charge >= 0.3 is 0 Å². The molecule has 0 saturated heterocycles. The zero-order valence-electron chi connectivity index (χ0n) is 8.28. The van der Waals surface area contributed by atoms with Crippen LogP contribution in [0, 0.1) is 11.3 Å². The quantitative estimate of drug-likeness (QED) is 0.828. The van der Waals surface area contributed by atoms with Gasteiger partial charge in [-0.3, -0.25) is 0 Å². The van der Waals surface area contributed by atoms with Gasteiger partial charge < -0.3 is 5.73 Å². The van der Waals surface area contributed by atoms with Crippen LogP contribution in [0.25, 0.3) is 5.69 Å². The Hall–Kier alpha value is -1.03. The summed E-state index contributed by atoms with van der Waals surface area (Å²) in [5, 5.41) is 13.5. The Morgan fingerprint density at radius 3 is 2.41 bits per heavy atom. The maximum absolute atomic E-state index is 8.83. The summed E-state index contributed by atoms with van der Waals surface area (Å²) in [5.41, 5.74) is 6.86. The van der Waals surface area contributed by atoms with Gasteiger partial charge in [0.1, 0.15) is 17.5 Å². The summed E-state index contributed by atoms with van der Waals surface area (Å²) in [6, 6.07) is 5.43. The smallest absolute Gasteiger partial charge is 0.145 e. The first-order valence-corrected chi connectivity index (χ1v) is 6.39. The van der Waals surface area contributed by atoms with Crippen LogP contribution in [0.1, 0.15) is 5.56 Å². The fourth-order valence-corrected chi connectivity index (χ4v) is 3.36. The van der Waals surface area contributed by atoms with Crippen LogP contribution in [0.3, 0.4) is 0 Å². The Balaban J connectivity index is 2.69. The first-order chi connectivity index (χ1) is 8.04. The van der Waals surface area contributed by atoms with Crippen LogP contribution >= 0.6 is 43.5 Å². The third-order valence-electron chi connectivity index (χ3n) is 2.12. The van der Waals surface area contributed by atoms with Crippen molar-refractivity contribution >= 4 is 49.3 Å². The van der Waals surface area contributed by atoms with Crippen LogP contribution in [-0.4, -0.2) is 9.78 Å². The topological polar surface area (TPSA) is 67.6 Å². The first kappa shape index (κ1) is 12.4. The average molecular weight is 376 g/mol. The number of nitrogens with two attached hydrogens (primary N) is 1. The van der Waals surface area contributed by atoms with E-state index in [2.05, 4.69) is 37.0 Å². The normalized spacial score (nSPS) is 10.2. The average Bonchev–Trinajstić information content (AvgIpc) is 2.59. The molecular formula is C10H5Br2ClN4. The van der Waals surface area contributed by atoms with Crippen molar-refractivity contribution in [2.75, 3.05) is 5.73 Å². The minimum Gasteiger partial charge on any atom is -0.382 e. The highest BCUT2D eigenvalue weighted by Gasteiger charge is 2.14. The third kappa shape index (κ3) is 2.18. The fourth-order valence-electron chi connectivity index (χ4n) is 1.36. The Bertz CT molecular complexity index is 607. The van der Waals surface area contributed by atoms with Gasteiger partial charge in [0.05, 0.1) is 11.9 Å². The molecule has 0 fully saturated rings. The minimum atomic E-state index is 0.288. The summed E-state index contributed by atoms with van der Waals surface area (Å²) in [7, 11) is 0. The standard InChI is InChI=1S/C10H5Br2ClN4/c11-7-1-6(13)2-8(12)9(7)17-10(15)5(3-14)4-16-17/h1-2,4H,15H2. The molecule has 1 heterocycles. The zero-order valence-corrected chi connectivity index (χ0v) is 12.2. The summed E-state index contributed by atoms with van der Waals surface area (Å²) >= 11 is 12.7. The number of hydrogen-bond donors (Lipinski definition) is 1. The third-order valence-corrected chi connectivity index (χ3v) is 3.55. The molecule has 0 saturated carbocycles. The van der Waals surface area contributed by atoms with Crippen molar-refractivity contribution in [2.45, 2.75) is 0 Å². The highest BCUT2D eigenvalue weighted by Crippen LogP contribution is 2.34. The van der Waals surface area contributed by atoms with Gasteiger partial charge in [0.25, 0.3) is 0 Å². The van der Waals surface area contributed by atoms with Gasteiger partial charge in [-0.25, -0.2) is 4.68 Å². The number of aromatic nitrogens is 2. The molecule has 1 aromatic carbocycles. The van der Waals surface area contributed by atoms with Crippen LogP contribution < -0.4 is 5.73 Å². The Kier molecular flexibility index (Phi) is 3.43. The van der Waals surface area contributed by atoms with Gasteiger partial charge in [0.15, 0.2) is 0 Å². The number of hydrogen-bond acceptors (Lipinski definition) is 3. The van der Waals surface area contributed by atoms with E-state index in [0.717, 1.165) is 8.95 Å². The number of halogens is 3. The van der Waals surface area contributed by atoms with Gasteiger partial charge in [-0.15, -0.1) is 0 Å². The van der Waals surface area contributed by atoms with Crippen LogP contribution in [0.4, 0.5) is 5.82 Å². The lowest BCUT2D eigenvalue weighted by Gasteiger charge is -2.09. The second-order valence-corrected chi connectivity index (χ2v) is 5.33. The van der Waals surface area contributed by atoms with Crippen molar-refractivity contribution in [1.82, 2.24) is 9.78 Å². The van der Waals surface area contributed by atoms with Crippen molar-refractivity contribution in [3.05, 3.63) is 37.9 Å². The number of nitriles is 1. The van der Waals surface area contributed by atoms with E-state index in [0.29, 0.717) is 16.3 Å². The fraction of sp³-hybridized carbons (Fsp3) is 0. The molecule has 0 aliphatic rings. The van der Waals surface area contributed by atoms with Crippen molar-refractivity contribution < 1.29 is 0 Å². The summed E-state index contributed by atoms with van der Waals surface area (Å²) in [6.07, 6.45) is 1.42. The molecule has 86 valence electrons. The lowest BCUT2D eigenvalue weighted by atomic mass is 10.3. The molecule has 7 heteroatoms. The minimum absolute atomic E-state index is 0.288. The van der Waals surface area contributed by atoms with Gasteiger partial charge in [-0.05, 0) is 44.0 Å². The van der Waals surface area contributed by atoms with Crippen LogP contribution in [0.5, 0.6) is 0 Å². The lowest BCUT2D eigenvalue weighted by Crippen LogP contribution is -2.04. The molecule has 0 aliphatic carbocycles. The molecule has 0 amide bonds. The van der Waals surface area contributed by atoms with E-state index in [9.17, 15) is 0 Å². The molecule has 2 aromatic rings. The first-order valence-electron chi connectivity index (χ1n) is 4.43. The number of rotatable bonds is 1. The van der Waals surface area contributed by atoms with E-state index in [1.165, 1.54) is 10.9 Å². The van der Waals surface area contributed by atoms with Gasteiger partial charge in [-0.1, -0.05) is 11.6 Å². The highest BCUT2D eigenvalue weighted by atomic mass is 79.9. The number of nitrogens with zero attached hydrogens (tertiary/aromatic N) is 3. The molecule has 0 bridgehead atoms. The summed E-state index contributed by atoms with van der Waals surface area (Å²) in [6.45, 7) is 0. The molecule has 2 rings (SSSR count). The molecule has 2 N–H and O–H groups in total. The van der Waals surface area contributed by atoms with E-state index in [1.807, 2.05) is 6.07 Å². The Morgan fingerprint density at radius 1 is 1.35 bits per heavy atom. The second kappa shape index (κ2) is 4.69. The number of nitrogen functional groups attached to an aromatic ring is 1. The Labute approximate surface area is 119 Å². The van der Waals surface area contributed by atoms with E-state index >= 15 is 0 Å². The maximum Gasteiger partial charge on any atom is 0.145 e. The van der Waals surface area contributed by atoms with Crippen molar-refractivity contribution in [3.63, 3.8) is 0 Å². The van der Waals surface area contributed by atoms with E-state index in [-0.39, 0.29) is 5.82 Å². The molecule has 17 heavy (non-hydrogen) atoms. The van der Waals surface area contributed by atoms with E-state index < -0.39 is 0 Å². The molecule has 0 aliphatic heterocycles. The van der Waals surface area contributed by atoms with Crippen molar-refractivity contribution in [1.29, 1.82) is 5.26 Å². The van der Waals surface area contributed by atoms with Gasteiger partial charge in [0, 0.05) is 14.0 Å². The highest BCUT2D eigenvalue weighted by molar-refractivity contribution is 9.11. The second-order valence-electron chi connectivity index (χ2n) is 3.19. The molecule has 0 radical (unpaired) electrons. The van der Waals surface area contributed by atoms with Crippen molar-refractivity contribution in [2.24, 2.45) is 0 Å². The Morgan fingerprint density at radius 2 is 1.94 bits per heavy atom. The van der Waals surface area contributed by atoms with Crippen LogP contribution in [0.15, 0.2) is 27.3 Å². The zero-order chi connectivity index (χ0) is 12.6. The SMILES string of the molecule is N#Cc1cnn(-c2c(Br)cc(Cl)cc2Br)c1N. The predicted molar refractivity (Wildman–Crippen MR) is 73.1 cm³/mol.